The lowest BCUT2D eigenvalue weighted by Gasteiger charge is -2.10. The third-order valence-corrected chi connectivity index (χ3v) is 3.14. The van der Waals surface area contributed by atoms with Crippen LogP contribution in [0.25, 0.3) is 0 Å². The average molecular weight is 293 g/mol. The van der Waals surface area contributed by atoms with E-state index in [-0.39, 0.29) is 10.7 Å². The zero-order chi connectivity index (χ0) is 14.5. The molecular weight excluding hydrogens is 280 g/mol. The number of anilines is 1. The van der Waals surface area contributed by atoms with E-state index in [2.05, 4.69) is 5.32 Å². The van der Waals surface area contributed by atoms with Gasteiger partial charge in [0.1, 0.15) is 10.8 Å². The monoisotopic (exact) mass is 292 g/mol. The van der Waals surface area contributed by atoms with E-state index in [1.807, 2.05) is 24.3 Å². The first-order valence-corrected chi connectivity index (χ1v) is 6.29. The Kier molecular flexibility index (Phi) is 4.42. The summed E-state index contributed by atoms with van der Waals surface area (Å²) in [5, 5.41) is 14.1. The van der Waals surface area contributed by atoms with Crippen molar-refractivity contribution < 1.29 is 9.66 Å². The molecule has 0 amide bonds. The van der Waals surface area contributed by atoms with Gasteiger partial charge in [0.15, 0.2) is 0 Å². The van der Waals surface area contributed by atoms with Crippen LogP contribution in [0.2, 0.25) is 5.02 Å². The van der Waals surface area contributed by atoms with E-state index < -0.39 is 4.92 Å². The third kappa shape index (κ3) is 3.19. The molecule has 0 aliphatic heterocycles. The Morgan fingerprint density at radius 3 is 2.75 bits per heavy atom. The van der Waals surface area contributed by atoms with E-state index in [0.717, 1.165) is 11.3 Å². The first-order valence-electron chi connectivity index (χ1n) is 5.91. The lowest BCUT2D eigenvalue weighted by atomic mass is 10.2. The first kappa shape index (κ1) is 14.1. The minimum absolute atomic E-state index is 0.114. The molecule has 0 aliphatic carbocycles. The number of ether oxygens (including phenoxy) is 1. The van der Waals surface area contributed by atoms with Gasteiger partial charge < -0.3 is 10.1 Å². The highest BCUT2D eigenvalue weighted by atomic mass is 35.5. The summed E-state index contributed by atoms with van der Waals surface area (Å²) in [7, 11) is 1.60. The van der Waals surface area contributed by atoms with Gasteiger partial charge in [-0.15, -0.1) is 0 Å². The van der Waals surface area contributed by atoms with Crippen LogP contribution in [0, 0.1) is 10.1 Å². The second-order valence-corrected chi connectivity index (χ2v) is 4.50. The number of benzene rings is 2. The van der Waals surface area contributed by atoms with Crippen LogP contribution in [0.3, 0.4) is 0 Å². The minimum Gasteiger partial charge on any atom is -0.496 e. The molecule has 2 rings (SSSR count). The Morgan fingerprint density at radius 2 is 2.05 bits per heavy atom. The Balaban J connectivity index is 2.15. The summed E-state index contributed by atoms with van der Waals surface area (Å²) >= 11 is 5.77. The standard InChI is InChI=1S/C14H13ClN2O3/c1-20-14-5-3-2-4-10(14)9-16-11-6-7-12(15)13(8-11)17(18)19/h2-8,16H,9H2,1H3. The van der Waals surface area contributed by atoms with Gasteiger partial charge in [0.05, 0.1) is 12.0 Å². The molecule has 2 aromatic carbocycles. The van der Waals surface area contributed by atoms with Gasteiger partial charge in [0, 0.05) is 23.9 Å². The first-order chi connectivity index (χ1) is 9.61. The molecule has 104 valence electrons. The second kappa shape index (κ2) is 6.25. The van der Waals surface area contributed by atoms with Crippen LogP contribution in [-0.4, -0.2) is 12.0 Å². The molecule has 0 spiro atoms. The lowest BCUT2D eigenvalue weighted by molar-refractivity contribution is -0.384. The van der Waals surface area contributed by atoms with Crippen LogP contribution in [0.5, 0.6) is 5.75 Å². The summed E-state index contributed by atoms with van der Waals surface area (Å²) < 4.78 is 5.25. The highest BCUT2D eigenvalue weighted by molar-refractivity contribution is 6.32. The fourth-order valence-electron chi connectivity index (χ4n) is 1.81. The molecule has 0 radical (unpaired) electrons. The SMILES string of the molecule is COc1ccccc1CNc1ccc(Cl)c([N+](=O)[O-])c1. The molecule has 0 aromatic heterocycles. The van der Waals surface area contributed by atoms with Crippen molar-refractivity contribution in [3.8, 4) is 5.75 Å². The van der Waals surface area contributed by atoms with Crippen LogP contribution in [0.1, 0.15) is 5.56 Å². The molecule has 1 N–H and O–H groups in total. The van der Waals surface area contributed by atoms with Gasteiger partial charge in [-0.1, -0.05) is 29.8 Å². The fourth-order valence-corrected chi connectivity index (χ4v) is 2.00. The molecule has 0 atom stereocenters. The van der Waals surface area contributed by atoms with Crippen molar-refractivity contribution in [1.29, 1.82) is 0 Å². The van der Waals surface area contributed by atoms with Crippen molar-refractivity contribution in [1.82, 2.24) is 0 Å². The molecule has 0 aliphatic rings. The molecule has 0 bridgehead atoms. The van der Waals surface area contributed by atoms with E-state index in [1.54, 1.807) is 13.2 Å². The number of hydrogen-bond donors (Lipinski definition) is 1. The molecule has 0 saturated heterocycles. The number of nitrogens with one attached hydrogen (secondary N) is 1. The second-order valence-electron chi connectivity index (χ2n) is 4.09. The maximum Gasteiger partial charge on any atom is 0.289 e. The summed E-state index contributed by atoms with van der Waals surface area (Å²) in [6.45, 7) is 0.503. The van der Waals surface area contributed by atoms with Crippen LogP contribution >= 0.6 is 11.6 Å². The van der Waals surface area contributed by atoms with Gasteiger partial charge in [0.25, 0.3) is 5.69 Å². The zero-order valence-electron chi connectivity index (χ0n) is 10.8. The molecule has 2 aromatic rings. The summed E-state index contributed by atoms with van der Waals surface area (Å²) in [5.74, 6) is 0.767. The van der Waals surface area contributed by atoms with E-state index in [0.29, 0.717) is 12.2 Å². The van der Waals surface area contributed by atoms with Crippen molar-refractivity contribution >= 4 is 23.0 Å². The topological polar surface area (TPSA) is 64.4 Å². The molecule has 5 nitrogen and oxygen atoms in total. The quantitative estimate of drug-likeness (QED) is 0.671. The molecular formula is C14H13ClN2O3. The van der Waals surface area contributed by atoms with Gasteiger partial charge in [-0.25, -0.2) is 0 Å². The van der Waals surface area contributed by atoms with Crippen LogP contribution in [0.15, 0.2) is 42.5 Å². The molecule has 20 heavy (non-hydrogen) atoms. The number of nitro benzene ring substituents is 1. The fraction of sp³-hybridized carbons (Fsp3) is 0.143. The molecule has 0 fully saturated rings. The lowest BCUT2D eigenvalue weighted by Crippen LogP contribution is -2.02. The summed E-state index contributed by atoms with van der Waals surface area (Å²) in [6.07, 6.45) is 0. The molecule has 6 heteroatoms. The van der Waals surface area contributed by atoms with E-state index >= 15 is 0 Å². The largest absolute Gasteiger partial charge is 0.496 e. The van der Waals surface area contributed by atoms with Crippen molar-refractivity contribution in [3.05, 3.63) is 63.2 Å². The molecule has 0 heterocycles. The number of hydrogen-bond acceptors (Lipinski definition) is 4. The normalized spacial score (nSPS) is 10.1. The zero-order valence-corrected chi connectivity index (χ0v) is 11.6. The smallest absolute Gasteiger partial charge is 0.289 e. The highest BCUT2D eigenvalue weighted by Gasteiger charge is 2.12. The van der Waals surface area contributed by atoms with Crippen LogP contribution in [-0.2, 0) is 6.54 Å². The number of nitro groups is 1. The van der Waals surface area contributed by atoms with E-state index in [9.17, 15) is 10.1 Å². The number of para-hydroxylation sites is 1. The minimum atomic E-state index is -0.503. The summed E-state index contributed by atoms with van der Waals surface area (Å²) in [4.78, 5) is 10.3. The summed E-state index contributed by atoms with van der Waals surface area (Å²) in [5.41, 5.74) is 1.48. The Labute approximate surface area is 121 Å². The number of rotatable bonds is 5. The van der Waals surface area contributed by atoms with Gasteiger partial charge in [-0.05, 0) is 18.2 Å². The Morgan fingerprint density at radius 1 is 1.30 bits per heavy atom. The molecule has 0 saturated carbocycles. The van der Waals surface area contributed by atoms with Crippen molar-refractivity contribution in [2.75, 3.05) is 12.4 Å². The maximum absolute atomic E-state index is 10.8. The van der Waals surface area contributed by atoms with Crippen molar-refractivity contribution in [2.45, 2.75) is 6.54 Å². The van der Waals surface area contributed by atoms with Crippen LogP contribution < -0.4 is 10.1 Å². The average Bonchev–Trinajstić information content (AvgIpc) is 2.46. The van der Waals surface area contributed by atoms with E-state index in [4.69, 9.17) is 16.3 Å². The van der Waals surface area contributed by atoms with Gasteiger partial charge >= 0.3 is 0 Å². The van der Waals surface area contributed by atoms with E-state index in [1.165, 1.54) is 12.1 Å². The highest BCUT2D eigenvalue weighted by Crippen LogP contribution is 2.28. The number of methoxy groups -OCH3 is 1. The van der Waals surface area contributed by atoms with Crippen molar-refractivity contribution in [2.24, 2.45) is 0 Å². The predicted octanol–water partition coefficient (Wildman–Crippen LogP) is 3.87. The summed E-state index contributed by atoms with van der Waals surface area (Å²) in [6, 6.07) is 12.2. The Hall–Kier alpha value is -2.27. The van der Waals surface area contributed by atoms with Gasteiger partial charge in [0.2, 0.25) is 0 Å². The third-order valence-electron chi connectivity index (χ3n) is 2.82. The number of nitrogens with zero attached hydrogens (tertiary/aromatic N) is 1. The predicted molar refractivity (Wildman–Crippen MR) is 78.4 cm³/mol. The maximum atomic E-state index is 10.8. The van der Waals surface area contributed by atoms with Crippen LogP contribution in [0.4, 0.5) is 11.4 Å². The Bertz CT molecular complexity index is 632. The van der Waals surface area contributed by atoms with Crippen molar-refractivity contribution in [3.63, 3.8) is 0 Å². The van der Waals surface area contributed by atoms with Gasteiger partial charge in [-0.3, -0.25) is 10.1 Å². The molecule has 0 unspecified atom stereocenters. The van der Waals surface area contributed by atoms with Gasteiger partial charge in [-0.2, -0.15) is 0 Å². The number of halogens is 1.